The molecule has 1 aliphatic rings. The van der Waals surface area contributed by atoms with Crippen molar-refractivity contribution in [3.05, 3.63) is 35.2 Å². The van der Waals surface area contributed by atoms with Crippen LogP contribution < -0.4 is 5.32 Å². The fraction of sp³-hybridized carbons (Fsp3) is 0.550. The van der Waals surface area contributed by atoms with E-state index in [1.165, 1.54) is 0 Å². The van der Waals surface area contributed by atoms with Crippen molar-refractivity contribution in [3.63, 3.8) is 0 Å². The first-order valence-corrected chi connectivity index (χ1v) is 10.1. The maximum atomic E-state index is 12.4. The lowest BCUT2D eigenvalue weighted by Gasteiger charge is -2.30. The van der Waals surface area contributed by atoms with Crippen LogP contribution in [0.1, 0.15) is 25.2 Å². The molecule has 1 aromatic carbocycles. The van der Waals surface area contributed by atoms with Gasteiger partial charge in [-0.25, -0.2) is 0 Å². The Morgan fingerprint density at radius 3 is 2.89 bits per heavy atom. The second-order valence-electron chi connectivity index (χ2n) is 7.54. The third-order valence-corrected chi connectivity index (χ3v) is 5.14. The van der Waals surface area contributed by atoms with E-state index in [0.29, 0.717) is 23.3 Å². The summed E-state index contributed by atoms with van der Waals surface area (Å²) in [6.07, 6.45) is 2.88. The molecular formula is C20H28ClN5O2. The van der Waals surface area contributed by atoms with Gasteiger partial charge in [0.05, 0.1) is 12.5 Å². The van der Waals surface area contributed by atoms with E-state index in [1.807, 2.05) is 26.2 Å². The molecule has 0 spiro atoms. The van der Waals surface area contributed by atoms with Crippen molar-refractivity contribution < 1.29 is 9.32 Å². The van der Waals surface area contributed by atoms with Crippen LogP contribution in [-0.4, -0.2) is 66.1 Å². The number of hydrogen-bond acceptors (Lipinski definition) is 6. The van der Waals surface area contributed by atoms with Gasteiger partial charge >= 0.3 is 0 Å². The van der Waals surface area contributed by atoms with E-state index < -0.39 is 0 Å². The van der Waals surface area contributed by atoms with Crippen LogP contribution in [0, 0.1) is 5.92 Å². The molecule has 2 aromatic rings. The molecule has 0 radical (unpaired) electrons. The third kappa shape index (κ3) is 6.02. The van der Waals surface area contributed by atoms with Crippen molar-refractivity contribution in [3.8, 4) is 11.4 Å². The topological polar surface area (TPSA) is 74.5 Å². The Kier molecular flexibility index (Phi) is 7.42. The first-order chi connectivity index (χ1) is 13.5. The second kappa shape index (κ2) is 10.0. The van der Waals surface area contributed by atoms with Gasteiger partial charge in [0.1, 0.15) is 0 Å². The number of halogens is 1. The van der Waals surface area contributed by atoms with Crippen LogP contribution in [-0.2, 0) is 11.3 Å². The Morgan fingerprint density at radius 1 is 1.36 bits per heavy atom. The Labute approximate surface area is 171 Å². The van der Waals surface area contributed by atoms with Crippen LogP contribution in [0.15, 0.2) is 28.8 Å². The van der Waals surface area contributed by atoms with Crippen molar-refractivity contribution in [2.75, 3.05) is 40.3 Å². The Morgan fingerprint density at radius 2 is 2.14 bits per heavy atom. The molecule has 3 rings (SSSR count). The number of nitrogens with zero attached hydrogens (tertiary/aromatic N) is 4. The molecule has 2 heterocycles. The van der Waals surface area contributed by atoms with Crippen molar-refractivity contribution in [1.82, 2.24) is 25.3 Å². The van der Waals surface area contributed by atoms with Crippen LogP contribution in [0.5, 0.6) is 0 Å². The minimum absolute atomic E-state index is 0.0202. The van der Waals surface area contributed by atoms with E-state index in [2.05, 4.69) is 25.3 Å². The standard InChI is InChI=1S/C20H28ClN5O2/c1-25(2)11-4-10-22-20(27)16-5-3-12-26(13-16)14-18-23-19(24-28-18)15-6-8-17(21)9-7-15/h6-9,16H,3-5,10-14H2,1-2H3,(H,22,27). The summed E-state index contributed by atoms with van der Waals surface area (Å²) in [5.74, 6) is 1.29. The van der Waals surface area contributed by atoms with Gasteiger partial charge in [-0.2, -0.15) is 4.98 Å². The molecule has 8 heteroatoms. The maximum absolute atomic E-state index is 12.4. The van der Waals surface area contributed by atoms with Crippen LogP contribution in [0.4, 0.5) is 0 Å². The number of rotatable bonds is 8. The number of carbonyl (C=O) groups is 1. The molecule has 0 saturated carbocycles. The summed E-state index contributed by atoms with van der Waals surface area (Å²) in [5, 5.41) is 7.80. The summed E-state index contributed by atoms with van der Waals surface area (Å²) >= 11 is 5.92. The fourth-order valence-corrected chi connectivity index (χ4v) is 3.52. The van der Waals surface area contributed by atoms with Crippen LogP contribution in [0.25, 0.3) is 11.4 Å². The Hall–Kier alpha value is -1.96. The number of amides is 1. The van der Waals surface area contributed by atoms with Gasteiger partial charge in [0.15, 0.2) is 0 Å². The van der Waals surface area contributed by atoms with Crippen LogP contribution in [0.2, 0.25) is 5.02 Å². The van der Waals surface area contributed by atoms with Gasteiger partial charge in [-0.05, 0) is 70.7 Å². The largest absolute Gasteiger partial charge is 0.356 e. The predicted molar refractivity (Wildman–Crippen MR) is 109 cm³/mol. The molecule has 1 unspecified atom stereocenters. The maximum Gasteiger partial charge on any atom is 0.241 e. The Bertz CT molecular complexity index is 762. The molecule has 28 heavy (non-hydrogen) atoms. The highest BCUT2D eigenvalue weighted by Crippen LogP contribution is 2.21. The molecular weight excluding hydrogens is 378 g/mol. The lowest BCUT2D eigenvalue weighted by atomic mass is 9.97. The first-order valence-electron chi connectivity index (χ1n) is 9.74. The highest BCUT2D eigenvalue weighted by Gasteiger charge is 2.26. The number of aromatic nitrogens is 2. The second-order valence-corrected chi connectivity index (χ2v) is 7.98. The smallest absolute Gasteiger partial charge is 0.241 e. The normalized spacial score (nSPS) is 17.8. The summed E-state index contributed by atoms with van der Waals surface area (Å²) < 4.78 is 5.41. The van der Waals surface area contributed by atoms with E-state index in [4.69, 9.17) is 16.1 Å². The highest BCUT2D eigenvalue weighted by molar-refractivity contribution is 6.30. The van der Waals surface area contributed by atoms with Gasteiger partial charge in [-0.1, -0.05) is 16.8 Å². The van der Waals surface area contributed by atoms with E-state index in [0.717, 1.165) is 51.0 Å². The Balaban J connectivity index is 1.49. The minimum atomic E-state index is 0.0202. The lowest BCUT2D eigenvalue weighted by molar-refractivity contribution is -0.126. The first kappa shape index (κ1) is 20.8. The fourth-order valence-electron chi connectivity index (χ4n) is 3.39. The molecule has 1 aliphatic heterocycles. The predicted octanol–water partition coefficient (Wildman–Crippen LogP) is 2.67. The molecule has 0 aliphatic carbocycles. The summed E-state index contributed by atoms with van der Waals surface area (Å²) in [6.45, 7) is 3.91. The van der Waals surface area contributed by atoms with Crippen molar-refractivity contribution in [2.24, 2.45) is 5.92 Å². The summed E-state index contributed by atoms with van der Waals surface area (Å²) in [5.41, 5.74) is 0.869. The van der Waals surface area contributed by atoms with Crippen LogP contribution >= 0.6 is 11.6 Å². The number of likely N-dealkylation sites (tertiary alicyclic amines) is 1. The molecule has 1 aromatic heterocycles. The van der Waals surface area contributed by atoms with Gasteiger partial charge in [0.2, 0.25) is 17.6 Å². The zero-order chi connectivity index (χ0) is 19.9. The molecule has 1 N–H and O–H groups in total. The molecule has 1 saturated heterocycles. The van der Waals surface area contributed by atoms with Crippen LogP contribution in [0.3, 0.4) is 0 Å². The summed E-state index contributed by atoms with van der Waals surface area (Å²) in [4.78, 5) is 21.3. The number of benzene rings is 1. The van der Waals surface area contributed by atoms with Gasteiger partial charge in [-0.15, -0.1) is 0 Å². The number of hydrogen-bond donors (Lipinski definition) is 1. The average Bonchev–Trinajstić information content (AvgIpc) is 3.14. The molecule has 7 nitrogen and oxygen atoms in total. The minimum Gasteiger partial charge on any atom is -0.356 e. The summed E-state index contributed by atoms with van der Waals surface area (Å²) in [6, 6.07) is 7.35. The number of nitrogens with one attached hydrogen (secondary N) is 1. The van der Waals surface area contributed by atoms with E-state index in [9.17, 15) is 4.79 Å². The van der Waals surface area contributed by atoms with E-state index in [-0.39, 0.29) is 11.8 Å². The van der Waals surface area contributed by atoms with Crippen molar-refractivity contribution in [1.29, 1.82) is 0 Å². The highest BCUT2D eigenvalue weighted by atomic mass is 35.5. The summed E-state index contributed by atoms with van der Waals surface area (Å²) in [7, 11) is 4.08. The third-order valence-electron chi connectivity index (χ3n) is 4.89. The number of carbonyl (C=O) groups excluding carboxylic acids is 1. The van der Waals surface area contributed by atoms with Gasteiger partial charge in [0, 0.05) is 23.7 Å². The quantitative estimate of drug-likeness (QED) is 0.680. The van der Waals surface area contributed by atoms with E-state index in [1.54, 1.807) is 12.1 Å². The van der Waals surface area contributed by atoms with Crippen molar-refractivity contribution in [2.45, 2.75) is 25.8 Å². The SMILES string of the molecule is CN(C)CCCNC(=O)C1CCCN(Cc2nc(-c3ccc(Cl)cc3)no2)C1. The molecule has 152 valence electrons. The van der Waals surface area contributed by atoms with Gasteiger partial charge < -0.3 is 14.7 Å². The lowest BCUT2D eigenvalue weighted by Crippen LogP contribution is -2.43. The van der Waals surface area contributed by atoms with Crippen molar-refractivity contribution >= 4 is 17.5 Å². The monoisotopic (exact) mass is 405 g/mol. The van der Waals surface area contributed by atoms with E-state index >= 15 is 0 Å². The molecule has 1 amide bonds. The van der Waals surface area contributed by atoms with Gasteiger partial charge in [-0.3, -0.25) is 9.69 Å². The molecule has 0 bridgehead atoms. The van der Waals surface area contributed by atoms with Gasteiger partial charge in [0.25, 0.3) is 0 Å². The zero-order valence-electron chi connectivity index (χ0n) is 16.5. The number of piperidine rings is 1. The molecule has 1 atom stereocenters. The molecule has 1 fully saturated rings. The average molecular weight is 406 g/mol. The zero-order valence-corrected chi connectivity index (χ0v) is 17.3.